The number of amides is 1. The quantitative estimate of drug-likeness (QED) is 0.618. The van der Waals surface area contributed by atoms with Crippen LogP contribution in [-0.2, 0) is 22.7 Å². The van der Waals surface area contributed by atoms with Gasteiger partial charge in [0.15, 0.2) is 6.79 Å². The summed E-state index contributed by atoms with van der Waals surface area (Å²) in [7, 11) is 0. The molecule has 0 bridgehead atoms. The lowest BCUT2D eigenvalue weighted by molar-refractivity contribution is -0.122. The summed E-state index contributed by atoms with van der Waals surface area (Å²) < 4.78 is 38.4. The van der Waals surface area contributed by atoms with E-state index in [-0.39, 0.29) is 25.8 Å². The zero-order chi connectivity index (χ0) is 21.5. The third kappa shape index (κ3) is 3.34. The topological polar surface area (TPSA) is 71.0 Å². The highest BCUT2D eigenvalue weighted by atomic mass is 19.1. The SMILES string of the molecule is O=C1C(NO)c2c(-c3ccc(F)cc3)cccc2N1Cc1cc(F)cc2c1OCOC2. The molecule has 0 spiro atoms. The molecule has 6 nitrogen and oxygen atoms in total. The lowest BCUT2D eigenvalue weighted by Crippen LogP contribution is -2.33. The van der Waals surface area contributed by atoms with Crippen LogP contribution in [-0.4, -0.2) is 17.9 Å². The molecule has 2 N–H and O–H groups in total. The van der Waals surface area contributed by atoms with Crippen LogP contribution >= 0.6 is 0 Å². The van der Waals surface area contributed by atoms with Crippen molar-refractivity contribution in [2.45, 2.75) is 19.2 Å². The molecule has 31 heavy (non-hydrogen) atoms. The van der Waals surface area contributed by atoms with Crippen LogP contribution in [0.4, 0.5) is 14.5 Å². The number of nitrogens with one attached hydrogen (secondary N) is 1. The highest BCUT2D eigenvalue weighted by Gasteiger charge is 2.39. The Hall–Kier alpha value is -3.33. The molecule has 1 amide bonds. The van der Waals surface area contributed by atoms with Crippen LogP contribution in [0.3, 0.4) is 0 Å². The Morgan fingerprint density at radius 2 is 1.90 bits per heavy atom. The molecule has 0 saturated carbocycles. The van der Waals surface area contributed by atoms with Crippen LogP contribution in [0.1, 0.15) is 22.7 Å². The maximum absolute atomic E-state index is 14.2. The van der Waals surface area contributed by atoms with Gasteiger partial charge in [-0.25, -0.2) is 8.78 Å². The van der Waals surface area contributed by atoms with Crippen molar-refractivity contribution in [2.75, 3.05) is 11.7 Å². The fraction of sp³-hybridized carbons (Fsp3) is 0.174. The van der Waals surface area contributed by atoms with Gasteiger partial charge in [0, 0.05) is 16.7 Å². The lowest BCUT2D eigenvalue weighted by Gasteiger charge is -2.24. The third-order valence-electron chi connectivity index (χ3n) is 5.54. The molecule has 1 unspecified atom stereocenters. The molecule has 2 aliphatic heterocycles. The first-order chi connectivity index (χ1) is 15.1. The van der Waals surface area contributed by atoms with Crippen LogP contribution in [0, 0.1) is 11.6 Å². The molecule has 8 heteroatoms. The van der Waals surface area contributed by atoms with Crippen molar-refractivity contribution in [3.05, 3.63) is 82.9 Å². The summed E-state index contributed by atoms with van der Waals surface area (Å²) in [4.78, 5) is 14.6. The maximum atomic E-state index is 14.2. The standard InChI is InChI=1S/C23H18F2N2O4/c24-16-6-4-13(5-7-16)18-2-1-3-19-20(18)21(26-29)23(28)27(19)10-14-8-17(25)9-15-11-30-12-31-22(14)15/h1-9,21,26,29H,10-12H2. The minimum Gasteiger partial charge on any atom is -0.467 e. The Morgan fingerprint density at radius 3 is 2.68 bits per heavy atom. The van der Waals surface area contributed by atoms with Gasteiger partial charge in [0.05, 0.1) is 18.8 Å². The highest BCUT2D eigenvalue weighted by molar-refractivity contribution is 6.06. The fourth-order valence-electron chi connectivity index (χ4n) is 4.20. The summed E-state index contributed by atoms with van der Waals surface area (Å²) in [6.07, 6.45) is 0. The summed E-state index contributed by atoms with van der Waals surface area (Å²) in [5, 5.41) is 9.76. The van der Waals surface area contributed by atoms with Crippen molar-refractivity contribution < 1.29 is 28.3 Å². The number of hydroxylamine groups is 1. The van der Waals surface area contributed by atoms with Gasteiger partial charge in [-0.1, -0.05) is 24.3 Å². The van der Waals surface area contributed by atoms with Crippen LogP contribution in [0.15, 0.2) is 54.6 Å². The van der Waals surface area contributed by atoms with Crippen molar-refractivity contribution in [2.24, 2.45) is 0 Å². The molecule has 0 fully saturated rings. The first-order valence-corrected chi connectivity index (χ1v) is 9.68. The monoisotopic (exact) mass is 424 g/mol. The van der Waals surface area contributed by atoms with Gasteiger partial charge in [-0.05, 0) is 41.5 Å². The largest absolute Gasteiger partial charge is 0.467 e. The average Bonchev–Trinajstić information content (AvgIpc) is 3.05. The van der Waals surface area contributed by atoms with Gasteiger partial charge in [0.2, 0.25) is 0 Å². The number of anilines is 1. The van der Waals surface area contributed by atoms with Gasteiger partial charge in [0.25, 0.3) is 5.91 Å². The molecule has 0 aliphatic carbocycles. The van der Waals surface area contributed by atoms with Crippen molar-refractivity contribution in [3.8, 4) is 16.9 Å². The Morgan fingerprint density at radius 1 is 1.10 bits per heavy atom. The molecular weight excluding hydrogens is 406 g/mol. The molecule has 2 heterocycles. The lowest BCUT2D eigenvalue weighted by atomic mass is 9.95. The number of rotatable bonds is 4. The Labute approximate surface area is 176 Å². The maximum Gasteiger partial charge on any atom is 0.251 e. The van der Waals surface area contributed by atoms with E-state index in [0.717, 1.165) is 0 Å². The first-order valence-electron chi connectivity index (χ1n) is 9.68. The molecule has 1 atom stereocenters. The number of nitrogens with zero attached hydrogens (tertiary/aromatic N) is 1. The van der Waals surface area contributed by atoms with Crippen LogP contribution < -0.4 is 15.1 Å². The average molecular weight is 424 g/mol. The van der Waals surface area contributed by atoms with Gasteiger partial charge >= 0.3 is 0 Å². The zero-order valence-corrected chi connectivity index (χ0v) is 16.3. The molecule has 5 rings (SSSR count). The third-order valence-corrected chi connectivity index (χ3v) is 5.54. The van der Waals surface area contributed by atoms with Gasteiger partial charge < -0.3 is 19.6 Å². The van der Waals surface area contributed by atoms with Crippen molar-refractivity contribution in [1.82, 2.24) is 5.48 Å². The van der Waals surface area contributed by atoms with Gasteiger partial charge in [-0.15, -0.1) is 0 Å². The number of ether oxygens (including phenoxy) is 2. The number of hydrogen-bond donors (Lipinski definition) is 2. The Bertz CT molecular complexity index is 1170. The normalized spacial score (nSPS) is 17.3. The molecule has 0 radical (unpaired) electrons. The van der Waals surface area contributed by atoms with E-state index < -0.39 is 17.8 Å². The van der Waals surface area contributed by atoms with Gasteiger partial charge in [-0.2, -0.15) is 5.48 Å². The summed E-state index contributed by atoms with van der Waals surface area (Å²) in [6, 6.07) is 12.9. The van der Waals surface area contributed by atoms with Crippen molar-refractivity contribution in [1.29, 1.82) is 0 Å². The van der Waals surface area contributed by atoms with Crippen LogP contribution in [0.5, 0.6) is 5.75 Å². The van der Waals surface area contributed by atoms with E-state index in [4.69, 9.17) is 9.47 Å². The fourth-order valence-corrected chi connectivity index (χ4v) is 4.20. The second-order valence-corrected chi connectivity index (χ2v) is 7.40. The first kappa shape index (κ1) is 19.6. The number of carbonyl (C=O) groups excluding carboxylic acids is 1. The van der Waals surface area contributed by atoms with Gasteiger partial charge in [0.1, 0.15) is 23.4 Å². The summed E-state index contributed by atoms with van der Waals surface area (Å²) in [5.41, 5.74) is 5.70. The predicted octanol–water partition coefficient (Wildman–Crippen LogP) is 4.07. The van der Waals surface area contributed by atoms with Crippen LogP contribution in [0.2, 0.25) is 0 Å². The number of hydrogen-bond acceptors (Lipinski definition) is 5. The molecule has 0 aromatic heterocycles. The summed E-state index contributed by atoms with van der Waals surface area (Å²) >= 11 is 0. The van der Waals surface area contributed by atoms with E-state index in [1.165, 1.54) is 29.2 Å². The van der Waals surface area contributed by atoms with Crippen molar-refractivity contribution in [3.63, 3.8) is 0 Å². The Kier molecular flexibility index (Phi) is 4.90. The minimum atomic E-state index is -1.01. The predicted molar refractivity (Wildman–Crippen MR) is 107 cm³/mol. The second-order valence-electron chi connectivity index (χ2n) is 7.40. The molecular formula is C23H18F2N2O4. The molecule has 2 aliphatic rings. The number of benzene rings is 3. The summed E-state index contributed by atoms with van der Waals surface area (Å²) in [6.45, 7) is 0.322. The van der Waals surface area contributed by atoms with E-state index >= 15 is 0 Å². The van der Waals surface area contributed by atoms with Gasteiger partial charge in [-0.3, -0.25) is 4.79 Å². The van der Waals surface area contributed by atoms with Crippen LogP contribution in [0.25, 0.3) is 11.1 Å². The second kappa shape index (κ2) is 7.73. The number of fused-ring (bicyclic) bond motifs is 2. The molecule has 158 valence electrons. The Balaban J connectivity index is 1.59. The minimum absolute atomic E-state index is 0.0473. The van der Waals surface area contributed by atoms with E-state index in [9.17, 15) is 18.8 Å². The smallest absolute Gasteiger partial charge is 0.251 e. The number of halogens is 2. The van der Waals surface area contributed by atoms with E-state index in [1.54, 1.807) is 30.3 Å². The molecule has 3 aromatic rings. The van der Waals surface area contributed by atoms with Crippen molar-refractivity contribution >= 4 is 11.6 Å². The number of carbonyl (C=O) groups is 1. The highest BCUT2D eigenvalue weighted by Crippen LogP contribution is 2.43. The van der Waals surface area contributed by atoms with E-state index in [2.05, 4.69) is 5.48 Å². The zero-order valence-electron chi connectivity index (χ0n) is 16.3. The summed E-state index contributed by atoms with van der Waals surface area (Å²) in [5.74, 6) is -0.716. The molecule has 3 aromatic carbocycles. The van der Waals surface area contributed by atoms with E-state index in [1.807, 2.05) is 0 Å². The molecule has 0 saturated heterocycles. The van der Waals surface area contributed by atoms with E-state index in [0.29, 0.717) is 39.3 Å².